The van der Waals surface area contributed by atoms with Crippen molar-refractivity contribution in [2.75, 3.05) is 4.90 Å². The summed E-state index contributed by atoms with van der Waals surface area (Å²) < 4.78 is 0. The van der Waals surface area contributed by atoms with Gasteiger partial charge in [0.05, 0.1) is 0 Å². The average Bonchev–Trinajstić information content (AvgIpc) is 2.17. The molecule has 1 rings (SSSR count). The molecule has 0 aliphatic carbocycles. The molecule has 16 heavy (non-hydrogen) atoms. The lowest BCUT2D eigenvalue weighted by Gasteiger charge is -2.40. The predicted octanol–water partition coefficient (Wildman–Crippen LogP) is 2.76. The van der Waals surface area contributed by atoms with Crippen molar-refractivity contribution in [3.8, 4) is 0 Å². The van der Waals surface area contributed by atoms with Gasteiger partial charge < -0.3 is 10.0 Å². The molecule has 1 aromatic rings. The molecule has 1 aromatic carbocycles. The van der Waals surface area contributed by atoms with Gasteiger partial charge in [0.25, 0.3) is 0 Å². The smallest absolute Gasteiger partial charge is 0.326 e. The molecular formula is C13H19NO2. The fourth-order valence-electron chi connectivity index (χ4n) is 1.89. The van der Waals surface area contributed by atoms with Gasteiger partial charge in [0.15, 0.2) is 0 Å². The fourth-order valence-corrected chi connectivity index (χ4v) is 1.89. The van der Waals surface area contributed by atoms with E-state index in [4.69, 9.17) is 5.11 Å². The number of carboxylic acids is 1. The van der Waals surface area contributed by atoms with Crippen LogP contribution < -0.4 is 4.90 Å². The molecule has 1 atom stereocenters. The highest BCUT2D eigenvalue weighted by molar-refractivity contribution is 5.78. The molecule has 0 aliphatic rings. The van der Waals surface area contributed by atoms with E-state index in [0.717, 1.165) is 5.69 Å². The molecule has 0 saturated heterocycles. The zero-order valence-corrected chi connectivity index (χ0v) is 10.3. The Hall–Kier alpha value is -1.51. The van der Waals surface area contributed by atoms with Crippen LogP contribution in [0.3, 0.4) is 0 Å². The summed E-state index contributed by atoms with van der Waals surface area (Å²) in [7, 11) is 0. The van der Waals surface area contributed by atoms with Crippen molar-refractivity contribution < 1.29 is 9.90 Å². The lowest BCUT2D eigenvalue weighted by Crippen LogP contribution is -2.50. The van der Waals surface area contributed by atoms with Crippen LogP contribution in [0.1, 0.15) is 27.7 Å². The molecule has 0 amide bonds. The second kappa shape index (κ2) is 4.56. The summed E-state index contributed by atoms with van der Waals surface area (Å²) in [5.41, 5.74) is 0.712. The van der Waals surface area contributed by atoms with Crippen LogP contribution in [0.15, 0.2) is 30.3 Å². The number of anilines is 1. The average molecular weight is 221 g/mol. The van der Waals surface area contributed by atoms with Crippen LogP contribution in [0.2, 0.25) is 0 Å². The zero-order valence-electron chi connectivity index (χ0n) is 10.3. The molecule has 3 nitrogen and oxygen atoms in total. The first-order chi connectivity index (χ1) is 7.34. The van der Waals surface area contributed by atoms with Gasteiger partial charge in [-0.25, -0.2) is 4.79 Å². The molecular weight excluding hydrogens is 202 g/mol. The van der Waals surface area contributed by atoms with Crippen molar-refractivity contribution in [2.45, 2.75) is 39.3 Å². The summed E-state index contributed by atoms with van der Waals surface area (Å²) in [6.45, 7) is 7.75. The lowest BCUT2D eigenvalue weighted by atomic mass is 10.0. The van der Waals surface area contributed by atoms with Gasteiger partial charge in [0.1, 0.15) is 6.04 Å². The molecule has 0 spiro atoms. The van der Waals surface area contributed by atoms with E-state index in [1.807, 2.05) is 56.0 Å². The standard InChI is InChI=1S/C13H19NO2/c1-10(12(15)16)14(13(2,3)4)11-8-6-5-7-9-11/h5-10H,1-4H3,(H,15,16). The van der Waals surface area contributed by atoms with E-state index in [1.165, 1.54) is 0 Å². The Morgan fingerprint density at radius 2 is 1.75 bits per heavy atom. The number of nitrogens with zero attached hydrogens (tertiary/aromatic N) is 1. The summed E-state index contributed by atoms with van der Waals surface area (Å²) in [5.74, 6) is -0.807. The Morgan fingerprint density at radius 3 is 2.12 bits per heavy atom. The minimum absolute atomic E-state index is 0.223. The van der Waals surface area contributed by atoms with Crippen molar-refractivity contribution in [1.29, 1.82) is 0 Å². The number of carboxylic acid groups (broad SMARTS) is 1. The maximum absolute atomic E-state index is 11.1. The van der Waals surface area contributed by atoms with Gasteiger partial charge in [-0.15, -0.1) is 0 Å². The Balaban J connectivity index is 3.12. The second-order valence-corrected chi connectivity index (χ2v) is 4.89. The van der Waals surface area contributed by atoms with Crippen LogP contribution in [0.4, 0.5) is 5.69 Å². The highest BCUT2D eigenvalue weighted by Gasteiger charge is 2.30. The van der Waals surface area contributed by atoms with Crippen LogP contribution in [-0.2, 0) is 4.79 Å². The molecule has 88 valence electrons. The van der Waals surface area contributed by atoms with E-state index < -0.39 is 12.0 Å². The molecule has 0 bridgehead atoms. The summed E-state index contributed by atoms with van der Waals surface area (Å²) in [4.78, 5) is 13.0. The van der Waals surface area contributed by atoms with Crippen LogP contribution >= 0.6 is 0 Å². The van der Waals surface area contributed by atoms with Gasteiger partial charge >= 0.3 is 5.97 Å². The maximum atomic E-state index is 11.1. The number of carbonyl (C=O) groups is 1. The van der Waals surface area contributed by atoms with E-state index >= 15 is 0 Å². The highest BCUT2D eigenvalue weighted by Crippen LogP contribution is 2.26. The van der Waals surface area contributed by atoms with Gasteiger partial charge in [-0.3, -0.25) is 0 Å². The fraction of sp³-hybridized carbons (Fsp3) is 0.462. The Morgan fingerprint density at radius 1 is 1.25 bits per heavy atom. The highest BCUT2D eigenvalue weighted by atomic mass is 16.4. The van der Waals surface area contributed by atoms with Crippen LogP contribution in [0, 0.1) is 0 Å². The van der Waals surface area contributed by atoms with Gasteiger partial charge in [-0.05, 0) is 39.8 Å². The molecule has 0 aromatic heterocycles. The van der Waals surface area contributed by atoms with E-state index in [9.17, 15) is 4.79 Å². The van der Waals surface area contributed by atoms with Gasteiger partial charge in [-0.1, -0.05) is 18.2 Å². The first-order valence-corrected chi connectivity index (χ1v) is 5.41. The van der Waals surface area contributed by atoms with E-state index in [-0.39, 0.29) is 5.54 Å². The monoisotopic (exact) mass is 221 g/mol. The number of hydrogen-bond donors (Lipinski definition) is 1. The third kappa shape index (κ3) is 2.75. The SMILES string of the molecule is CC(C(=O)O)N(c1ccccc1)C(C)(C)C. The molecule has 1 N–H and O–H groups in total. The molecule has 0 heterocycles. The van der Waals surface area contributed by atoms with Crippen molar-refractivity contribution >= 4 is 11.7 Å². The summed E-state index contributed by atoms with van der Waals surface area (Å²) >= 11 is 0. The second-order valence-electron chi connectivity index (χ2n) is 4.89. The number of rotatable bonds is 3. The lowest BCUT2D eigenvalue weighted by molar-refractivity contribution is -0.138. The largest absolute Gasteiger partial charge is 0.480 e. The Bertz CT molecular complexity index is 354. The van der Waals surface area contributed by atoms with Crippen molar-refractivity contribution in [3.05, 3.63) is 30.3 Å². The molecule has 0 radical (unpaired) electrons. The quantitative estimate of drug-likeness (QED) is 0.853. The number of aliphatic carboxylic acids is 1. The van der Waals surface area contributed by atoms with Crippen LogP contribution in [0.25, 0.3) is 0 Å². The Labute approximate surface area is 96.7 Å². The molecule has 3 heteroatoms. The first kappa shape index (κ1) is 12.6. The third-order valence-corrected chi connectivity index (χ3v) is 2.50. The van der Waals surface area contributed by atoms with Gasteiger partial charge in [0.2, 0.25) is 0 Å². The number of benzene rings is 1. The van der Waals surface area contributed by atoms with Crippen LogP contribution in [-0.4, -0.2) is 22.7 Å². The van der Waals surface area contributed by atoms with Crippen LogP contribution in [0.5, 0.6) is 0 Å². The van der Waals surface area contributed by atoms with Gasteiger partial charge in [0, 0.05) is 11.2 Å². The summed E-state index contributed by atoms with van der Waals surface area (Å²) in [6, 6.07) is 9.10. The third-order valence-electron chi connectivity index (χ3n) is 2.50. The first-order valence-electron chi connectivity index (χ1n) is 5.41. The van der Waals surface area contributed by atoms with E-state index in [2.05, 4.69) is 0 Å². The molecule has 0 fully saturated rings. The minimum Gasteiger partial charge on any atom is -0.480 e. The summed E-state index contributed by atoms with van der Waals surface area (Å²) in [6.07, 6.45) is 0. The molecule has 0 saturated carbocycles. The molecule has 1 unspecified atom stereocenters. The summed E-state index contributed by atoms with van der Waals surface area (Å²) in [5, 5.41) is 9.14. The Kier molecular flexibility index (Phi) is 3.58. The van der Waals surface area contributed by atoms with Crippen molar-refractivity contribution in [3.63, 3.8) is 0 Å². The zero-order chi connectivity index (χ0) is 12.3. The van der Waals surface area contributed by atoms with E-state index in [1.54, 1.807) is 6.92 Å². The van der Waals surface area contributed by atoms with Gasteiger partial charge in [-0.2, -0.15) is 0 Å². The number of para-hydroxylation sites is 1. The van der Waals surface area contributed by atoms with Crippen molar-refractivity contribution in [2.24, 2.45) is 0 Å². The normalized spacial score (nSPS) is 13.2. The topological polar surface area (TPSA) is 40.5 Å². The minimum atomic E-state index is -0.807. The van der Waals surface area contributed by atoms with Crippen molar-refractivity contribution in [1.82, 2.24) is 0 Å². The maximum Gasteiger partial charge on any atom is 0.326 e. The predicted molar refractivity (Wildman–Crippen MR) is 65.8 cm³/mol. The van der Waals surface area contributed by atoms with E-state index in [0.29, 0.717) is 0 Å². The number of hydrogen-bond acceptors (Lipinski definition) is 2. The molecule has 0 aliphatic heterocycles.